The molecule has 0 bridgehead atoms. The van der Waals surface area contributed by atoms with Crippen molar-refractivity contribution in [3.63, 3.8) is 0 Å². The topological polar surface area (TPSA) is 52.6 Å². The summed E-state index contributed by atoms with van der Waals surface area (Å²) in [5, 5.41) is 0. The first-order valence-corrected chi connectivity index (χ1v) is 6.50. The molecule has 0 aliphatic carbocycles. The maximum absolute atomic E-state index is 12.1. The Balaban J connectivity index is 5.35. The molecular weight excluding hydrogens is 289 g/mol. The summed E-state index contributed by atoms with van der Waals surface area (Å²) >= 11 is 0. The fraction of sp³-hybridized carbons (Fsp3) is 0.571. The van der Waals surface area contributed by atoms with Gasteiger partial charge in [0.25, 0.3) is 0 Å². The van der Waals surface area contributed by atoms with Gasteiger partial charge in [-0.2, -0.15) is 0 Å². The minimum atomic E-state index is -4.87. The fourth-order valence-electron chi connectivity index (χ4n) is 1.69. The maximum atomic E-state index is 12.1. The van der Waals surface area contributed by atoms with Gasteiger partial charge in [-0.1, -0.05) is 20.4 Å². The van der Waals surface area contributed by atoms with E-state index in [9.17, 15) is 22.8 Å². The van der Waals surface area contributed by atoms with Gasteiger partial charge in [0.15, 0.2) is 5.78 Å². The second-order valence-corrected chi connectivity index (χ2v) is 4.09. The summed E-state index contributed by atoms with van der Waals surface area (Å²) in [7, 11) is 0. The van der Waals surface area contributed by atoms with Crippen LogP contribution >= 0.6 is 0 Å². The summed E-state index contributed by atoms with van der Waals surface area (Å²) in [5.74, 6) is -3.12. The van der Waals surface area contributed by atoms with E-state index in [1.807, 2.05) is 0 Å². The number of halogens is 3. The molecule has 120 valence electrons. The molecule has 0 radical (unpaired) electrons. The molecule has 0 aromatic carbocycles. The first kappa shape index (κ1) is 19.2. The van der Waals surface area contributed by atoms with Gasteiger partial charge >= 0.3 is 12.3 Å². The third-order valence-corrected chi connectivity index (χ3v) is 2.56. The van der Waals surface area contributed by atoms with Crippen molar-refractivity contribution in [2.24, 2.45) is 5.92 Å². The minimum Gasteiger partial charge on any atom is -0.465 e. The van der Waals surface area contributed by atoms with Crippen molar-refractivity contribution in [1.82, 2.24) is 0 Å². The first-order chi connectivity index (χ1) is 9.66. The number of Topliss-reactive ketones (excluding diaryl/α,β-unsaturated/α-hetero) is 1. The van der Waals surface area contributed by atoms with Crippen molar-refractivity contribution >= 4 is 11.8 Å². The van der Waals surface area contributed by atoms with Crippen molar-refractivity contribution in [2.75, 3.05) is 6.61 Å². The molecule has 0 heterocycles. The van der Waals surface area contributed by atoms with Crippen molar-refractivity contribution < 1.29 is 32.2 Å². The Bertz CT molecular complexity index is 424. The quantitative estimate of drug-likeness (QED) is 0.298. The number of ketones is 1. The highest BCUT2D eigenvalue weighted by molar-refractivity contribution is 6.01. The predicted molar refractivity (Wildman–Crippen MR) is 70.1 cm³/mol. The van der Waals surface area contributed by atoms with Crippen LogP contribution in [0.3, 0.4) is 0 Å². The van der Waals surface area contributed by atoms with Gasteiger partial charge in [0.2, 0.25) is 0 Å². The number of esters is 1. The van der Waals surface area contributed by atoms with Crippen LogP contribution in [0.25, 0.3) is 0 Å². The normalized spacial score (nSPS) is 13.5. The lowest BCUT2D eigenvalue weighted by Crippen LogP contribution is -2.28. The Labute approximate surface area is 121 Å². The van der Waals surface area contributed by atoms with E-state index in [0.29, 0.717) is 0 Å². The van der Waals surface area contributed by atoms with Crippen LogP contribution in [0.4, 0.5) is 13.2 Å². The lowest BCUT2D eigenvalue weighted by atomic mass is 9.90. The van der Waals surface area contributed by atoms with Crippen LogP contribution in [0.2, 0.25) is 0 Å². The highest BCUT2D eigenvalue weighted by atomic mass is 19.4. The molecule has 0 spiro atoms. The Morgan fingerprint density at radius 2 is 1.76 bits per heavy atom. The third kappa shape index (κ3) is 6.97. The van der Waals surface area contributed by atoms with Gasteiger partial charge in [-0.15, -0.1) is 13.2 Å². The van der Waals surface area contributed by atoms with E-state index in [2.05, 4.69) is 11.3 Å². The molecule has 0 rings (SSSR count). The van der Waals surface area contributed by atoms with Gasteiger partial charge in [0.05, 0.1) is 6.61 Å². The lowest BCUT2D eigenvalue weighted by Gasteiger charge is -2.17. The van der Waals surface area contributed by atoms with Gasteiger partial charge in [0, 0.05) is 6.42 Å². The Hall–Kier alpha value is -1.79. The number of alkyl halides is 3. The molecule has 0 aromatic rings. The molecule has 1 atom stereocenters. The van der Waals surface area contributed by atoms with Crippen LogP contribution in [0.5, 0.6) is 0 Å². The summed E-state index contributed by atoms with van der Waals surface area (Å²) in [6.07, 6.45) is -3.66. The van der Waals surface area contributed by atoms with E-state index in [4.69, 9.17) is 4.74 Å². The molecule has 7 heteroatoms. The average Bonchev–Trinajstić information content (AvgIpc) is 2.35. The minimum absolute atomic E-state index is 0.0629. The molecule has 0 aromatic heterocycles. The summed E-state index contributed by atoms with van der Waals surface area (Å²) in [4.78, 5) is 23.7. The molecule has 0 saturated carbocycles. The third-order valence-electron chi connectivity index (χ3n) is 2.56. The van der Waals surface area contributed by atoms with Gasteiger partial charge < -0.3 is 9.47 Å². The highest BCUT2D eigenvalue weighted by Gasteiger charge is 2.33. The molecule has 0 aliphatic rings. The zero-order valence-corrected chi connectivity index (χ0v) is 12.3. The molecule has 4 nitrogen and oxygen atoms in total. The maximum Gasteiger partial charge on any atom is 0.573 e. The first-order valence-electron chi connectivity index (χ1n) is 6.50. The fourth-order valence-corrected chi connectivity index (χ4v) is 1.69. The average molecular weight is 308 g/mol. The number of ether oxygens (including phenoxy) is 2. The molecular formula is C14H19F3O4. The van der Waals surface area contributed by atoms with Gasteiger partial charge in [-0.3, -0.25) is 9.59 Å². The molecule has 0 fully saturated rings. The number of carbonyl (C=O) groups is 2. The molecule has 0 amide bonds. The van der Waals surface area contributed by atoms with E-state index in [0.717, 1.165) is 6.08 Å². The second kappa shape index (κ2) is 8.49. The number of rotatable bonds is 8. The molecule has 1 unspecified atom stereocenters. The van der Waals surface area contributed by atoms with Gasteiger partial charge in [-0.25, -0.2) is 0 Å². The van der Waals surface area contributed by atoms with Crippen LogP contribution in [0, 0.1) is 5.92 Å². The summed E-state index contributed by atoms with van der Waals surface area (Å²) in [5.41, 5.74) is 0.176. The smallest absolute Gasteiger partial charge is 0.465 e. The van der Waals surface area contributed by atoms with E-state index >= 15 is 0 Å². The van der Waals surface area contributed by atoms with Crippen molar-refractivity contribution in [3.8, 4) is 0 Å². The number of hydrogen-bond donors (Lipinski definition) is 0. The Kier molecular flexibility index (Phi) is 7.76. The van der Waals surface area contributed by atoms with E-state index < -0.39 is 29.8 Å². The zero-order chi connectivity index (χ0) is 16.6. The van der Waals surface area contributed by atoms with Gasteiger partial charge in [0.1, 0.15) is 11.7 Å². The summed E-state index contributed by atoms with van der Waals surface area (Å²) in [6, 6.07) is 0. The predicted octanol–water partition coefficient (Wildman–Crippen LogP) is 3.53. The SMILES string of the molecule is C=C(/C=C(\CC)C(C(=O)CC)C(=O)OCC)OC(F)(F)F. The van der Waals surface area contributed by atoms with Crippen molar-refractivity contribution in [2.45, 2.75) is 40.0 Å². The summed E-state index contributed by atoms with van der Waals surface area (Å²) in [6.45, 7) is 7.94. The number of hydrogen-bond acceptors (Lipinski definition) is 4. The zero-order valence-electron chi connectivity index (χ0n) is 12.3. The van der Waals surface area contributed by atoms with E-state index in [1.54, 1.807) is 20.8 Å². The summed E-state index contributed by atoms with van der Waals surface area (Å²) < 4.78 is 44.7. The number of allylic oxidation sites excluding steroid dienone is 1. The Morgan fingerprint density at radius 1 is 1.19 bits per heavy atom. The Morgan fingerprint density at radius 3 is 2.14 bits per heavy atom. The van der Waals surface area contributed by atoms with E-state index in [1.165, 1.54) is 0 Å². The van der Waals surface area contributed by atoms with Crippen LogP contribution in [-0.4, -0.2) is 24.7 Å². The largest absolute Gasteiger partial charge is 0.573 e. The molecule has 0 N–H and O–H groups in total. The number of carbonyl (C=O) groups excluding carboxylic acids is 2. The molecule has 0 aliphatic heterocycles. The van der Waals surface area contributed by atoms with Crippen LogP contribution in [0.1, 0.15) is 33.6 Å². The van der Waals surface area contributed by atoms with Crippen molar-refractivity contribution in [3.05, 3.63) is 24.0 Å². The standard InChI is InChI=1S/C14H19F3O4/c1-5-10(8-9(4)21-14(15,16)17)12(11(18)6-2)13(19)20-7-3/h8,12H,4-7H2,1-3H3/b10-8+. The van der Waals surface area contributed by atoms with Crippen LogP contribution < -0.4 is 0 Å². The van der Waals surface area contributed by atoms with Crippen LogP contribution in [0.15, 0.2) is 24.0 Å². The van der Waals surface area contributed by atoms with Gasteiger partial charge in [-0.05, 0) is 25.0 Å². The van der Waals surface area contributed by atoms with Crippen LogP contribution in [-0.2, 0) is 19.1 Å². The van der Waals surface area contributed by atoms with E-state index in [-0.39, 0.29) is 25.0 Å². The lowest BCUT2D eigenvalue weighted by molar-refractivity contribution is -0.303. The highest BCUT2D eigenvalue weighted by Crippen LogP contribution is 2.25. The monoisotopic (exact) mass is 308 g/mol. The molecule has 0 saturated heterocycles. The van der Waals surface area contributed by atoms with Crippen molar-refractivity contribution in [1.29, 1.82) is 0 Å². The molecule has 21 heavy (non-hydrogen) atoms. The second-order valence-electron chi connectivity index (χ2n) is 4.09.